The van der Waals surface area contributed by atoms with Crippen LogP contribution in [0, 0.1) is 5.92 Å². The summed E-state index contributed by atoms with van der Waals surface area (Å²) in [6.45, 7) is 0.497. The Hall–Kier alpha value is -0.280. The third-order valence-electron chi connectivity index (χ3n) is 3.74. The van der Waals surface area contributed by atoms with Gasteiger partial charge in [0.2, 0.25) is 0 Å². The Morgan fingerprint density at radius 1 is 1.29 bits per heavy atom. The van der Waals surface area contributed by atoms with E-state index in [1.165, 1.54) is 0 Å². The first-order chi connectivity index (χ1) is 8.08. The van der Waals surface area contributed by atoms with Gasteiger partial charge in [0.25, 0.3) is 0 Å². The van der Waals surface area contributed by atoms with Gasteiger partial charge in [-0.25, -0.2) is 0 Å². The van der Waals surface area contributed by atoms with E-state index in [1.807, 2.05) is 6.07 Å². The van der Waals surface area contributed by atoms with Crippen LogP contribution in [0.1, 0.15) is 31.2 Å². The van der Waals surface area contributed by atoms with Crippen LogP contribution in [0.2, 0.25) is 10.0 Å². The molecule has 17 heavy (non-hydrogen) atoms. The van der Waals surface area contributed by atoms with Crippen LogP contribution in [-0.2, 0) is 5.60 Å². The second-order valence-corrected chi connectivity index (χ2v) is 5.55. The average molecular weight is 274 g/mol. The predicted octanol–water partition coefficient (Wildman–Crippen LogP) is 3.33. The number of nitrogens with two attached hydrogens (primary N) is 1. The van der Waals surface area contributed by atoms with E-state index >= 15 is 0 Å². The first kappa shape index (κ1) is 13.2. The third-order valence-corrected chi connectivity index (χ3v) is 4.48. The van der Waals surface area contributed by atoms with Crippen molar-refractivity contribution in [1.29, 1.82) is 0 Å². The summed E-state index contributed by atoms with van der Waals surface area (Å²) in [6, 6.07) is 5.35. The van der Waals surface area contributed by atoms with Gasteiger partial charge in [0.1, 0.15) is 0 Å². The van der Waals surface area contributed by atoms with Gasteiger partial charge in [-0.05, 0) is 37.1 Å². The third kappa shape index (κ3) is 2.45. The first-order valence-corrected chi connectivity index (χ1v) is 6.71. The van der Waals surface area contributed by atoms with E-state index in [0.717, 1.165) is 31.2 Å². The lowest BCUT2D eigenvalue weighted by Gasteiger charge is -2.40. The minimum absolute atomic E-state index is 0.105. The monoisotopic (exact) mass is 273 g/mol. The van der Waals surface area contributed by atoms with Crippen LogP contribution in [0.15, 0.2) is 18.2 Å². The smallest absolute Gasteiger partial charge is 0.0937 e. The molecule has 0 spiro atoms. The predicted molar refractivity (Wildman–Crippen MR) is 71.4 cm³/mol. The lowest BCUT2D eigenvalue weighted by molar-refractivity contribution is -0.0506. The van der Waals surface area contributed by atoms with Crippen molar-refractivity contribution >= 4 is 23.2 Å². The highest BCUT2D eigenvalue weighted by molar-refractivity contribution is 6.42. The molecule has 1 fully saturated rings. The van der Waals surface area contributed by atoms with Crippen molar-refractivity contribution in [2.45, 2.75) is 31.3 Å². The molecule has 1 aromatic carbocycles. The van der Waals surface area contributed by atoms with Gasteiger partial charge < -0.3 is 10.8 Å². The highest BCUT2D eigenvalue weighted by Crippen LogP contribution is 2.42. The van der Waals surface area contributed by atoms with Gasteiger partial charge in [-0.1, -0.05) is 42.1 Å². The molecule has 0 amide bonds. The number of aliphatic hydroxyl groups is 1. The van der Waals surface area contributed by atoms with Gasteiger partial charge in [0.15, 0.2) is 0 Å². The van der Waals surface area contributed by atoms with E-state index in [1.54, 1.807) is 12.1 Å². The number of hydrogen-bond acceptors (Lipinski definition) is 2. The van der Waals surface area contributed by atoms with Gasteiger partial charge in [-0.2, -0.15) is 0 Å². The Morgan fingerprint density at radius 3 is 2.71 bits per heavy atom. The molecule has 2 unspecified atom stereocenters. The summed E-state index contributed by atoms with van der Waals surface area (Å²) in [7, 11) is 0. The Morgan fingerprint density at radius 2 is 2.06 bits per heavy atom. The fraction of sp³-hybridized carbons (Fsp3) is 0.538. The van der Waals surface area contributed by atoms with Crippen molar-refractivity contribution in [3.05, 3.63) is 33.8 Å². The fourth-order valence-corrected chi connectivity index (χ4v) is 2.98. The number of halogens is 2. The van der Waals surface area contributed by atoms with Crippen molar-refractivity contribution in [1.82, 2.24) is 0 Å². The Bertz CT molecular complexity index is 410. The zero-order valence-corrected chi connectivity index (χ0v) is 11.1. The number of hydrogen-bond donors (Lipinski definition) is 2. The minimum Gasteiger partial charge on any atom is -0.385 e. The summed E-state index contributed by atoms with van der Waals surface area (Å²) in [5.74, 6) is 0.105. The second-order valence-electron chi connectivity index (χ2n) is 4.73. The molecule has 1 aliphatic rings. The summed E-state index contributed by atoms with van der Waals surface area (Å²) in [5, 5.41) is 11.8. The summed E-state index contributed by atoms with van der Waals surface area (Å²) in [6.07, 6.45) is 3.86. The number of benzene rings is 1. The summed E-state index contributed by atoms with van der Waals surface area (Å²) >= 11 is 11.9. The molecule has 2 nitrogen and oxygen atoms in total. The van der Waals surface area contributed by atoms with Crippen LogP contribution in [0.5, 0.6) is 0 Å². The zero-order chi connectivity index (χ0) is 12.5. The molecule has 2 atom stereocenters. The molecule has 0 saturated heterocycles. The lowest BCUT2D eigenvalue weighted by Crippen LogP contribution is -2.41. The molecule has 1 aliphatic carbocycles. The molecule has 0 aliphatic heterocycles. The van der Waals surface area contributed by atoms with Crippen molar-refractivity contribution in [2.75, 3.05) is 6.54 Å². The standard InChI is InChI=1S/C13H17Cl2NO/c14-11-5-4-9(7-12(11)15)13(17)6-2-1-3-10(13)8-16/h4-5,7,10,17H,1-3,6,8,16H2. The Labute approximate surface area is 112 Å². The van der Waals surface area contributed by atoms with E-state index in [9.17, 15) is 5.11 Å². The molecular formula is C13H17Cl2NO. The summed E-state index contributed by atoms with van der Waals surface area (Å²) < 4.78 is 0. The average Bonchev–Trinajstić information content (AvgIpc) is 2.33. The van der Waals surface area contributed by atoms with E-state index in [0.29, 0.717) is 16.6 Å². The molecule has 4 heteroatoms. The largest absolute Gasteiger partial charge is 0.385 e. The number of rotatable bonds is 2. The molecular weight excluding hydrogens is 257 g/mol. The van der Waals surface area contributed by atoms with Crippen LogP contribution < -0.4 is 5.73 Å². The molecule has 2 rings (SSSR count). The van der Waals surface area contributed by atoms with E-state index in [4.69, 9.17) is 28.9 Å². The van der Waals surface area contributed by atoms with Gasteiger partial charge in [0, 0.05) is 5.92 Å². The second kappa shape index (κ2) is 5.15. The highest BCUT2D eigenvalue weighted by atomic mass is 35.5. The van der Waals surface area contributed by atoms with Crippen LogP contribution in [0.25, 0.3) is 0 Å². The first-order valence-electron chi connectivity index (χ1n) is 5.96. The van der Waals surface area contributed by atoms with Crippen molar-refractivity contribution in [3.63, 3.8) is 0 Å². The van der Waals surface area contributed by atoms with Gasteiger partial charge in [0.05, 0.1) is 15.6 Å². The molecule has 0 heterocycles. The Kier molecular flexibility index (Phi) is 3.99. The van der Waals surface area contributed by atoms with E-state index in [-0.39, 0.29) is 5.92 Å². The van der Waals surface area contributed by atoms with Crippen LogP contribution in [0.4, 0.5) is 0 Å². The molecule has 3 N–H and O–H groups in total. The molecule has 0 bridgehead atoms. The maximum Gasteiger partial charge on any atom is 0.0937 e. The van der Waals surface area contributed by atoms with E-state index < -0.39 is 5.60 Å². The van der Waals surface area contributed by atoms with Gasteiger partial charge in [-0.15, -0.1) is 0 Å². The SMILES string of the molecule is NCC1CCCCC1(O)c1ccc(Cl)c(Cl)c1. The maximum atomic E-state index is 10.8. The van der Waals surface area contributed by atoms with Crippen LogP contribution >= 0.6 is 23.2 Å². The summed E-state index contributed by atoms with van der Waals surface area (Å²) in [4.78, 5) is 0. The van der Waals surface area contributed by atoms with Crippen LogP contribution in [0.3, 0.4) is 0 Å². The fourth-order valence-electron chi connectivity index (χ4n) is 2.69. The van der Waals surface area contributed by atoms with Crippen molar-refractivity contribution < 1.29 is 5.11 Å². The zero-order valence-electron chi connectivity index (χ0n) is 9.63. The van der Waals surface area contributed by atoms with Gasteiger partial charge >= 0.3 is 0 Å². The Balaban J connectivity index is 2.37. The van der Waals surface area contributed by atoms with Crippen LogP contribution in [-0.4, -0.2) is 11.7 Å². The van der Waals surface area contributed by atoms with Gasteiger partial charge in [-0.3, -0.25) is 0 Å². The summed E-state index contributed by atoms with van der Waals surface area (Å²) in [5.41, 5.74) is 5.75. The van der Waals surface area contributed by atoms with Crippen molar-refractivity contribution in [2.24, 2.45) is 11.7 Å². The molecule has 0 aromatic heterocycles. The van der Waals surface area contributed by atoms with E-state index in [2.05, 4.69) is 0 Å². The minimum atomic E-state index is -0.846. The lowest BCUT2D eigenvalue weighted by atomic mass is 9.71. The molecule has 1 aromatic rings. The molecule has 94 valence electrons. The highest BCUT2D eigenvalue weighted by Gasteiger charge is 2.39. The molecule has 1 saturated carbocycles. The maximum absolute atomic E-state index is 10.8. The topological polar surface area (TPSA) is 46.2 Å². The normalized spacial score (nSPS) is 29.3. The van der Waals surface area contributed by atoms with Crippen molar-refractivity contribution in [3.8, 4) is 0 Å². The molecule has 0 radical (unpaired) electrons. The quantitative estimate of drug-likeness (QED) is 0.868.